The monoisotopic (exact) mass is 354 g/mol. The predicted octanol–water partition coefficient (Wildman–Crippen LogP) is 3.68. The number of benzene rings is 1. The molecule has 1 saturated heterocycles. The van der Waals surface area contributed by atoms with Crippen molar-refractivity contribution in [3.63, 3.8) is 0 Å². The third kappa shape index (κ3) is 3.19. The highest BCUT2D eigenvalue weighted by Gasteiger charge is 2.17. The highest BCUT2D eigenvalue weighted by atomic mass is 79.9. The molecular formula is C13H12BrClN4O. The van der Waals surface area contributed by atoms with Gasteiger partial charge in [0, 0.05) is 17.6 Å². The van der Waals surface area contributed by atoms with Gasteiger partial charge in [-0.05, 0) is 42.6 Å². The van der Waals surface area contributed by atoms with Crippen LogP contribution in [0.3, 0.4) is 0 Å². The maximum Gasteiger partial charge on any atom is 0.328 e. The lowest BCUT2D eigenvalue weighted by Gasteiger charge is -2.15. The molecule has 0 aliphatic carbocycles. The van der Waals surface area contributed by atoms with E-state index in [0.717, 1.165) is 30.4 Å². The molecule has 1 aliphatic rings. The van der Waals surface area contributed by atoms with E-state index in [1.807, 2.05) is 24.3 Å². The van der Waals surface area contributed by atoms with Gasteiger partial charge in [-0.3, -0.25) is 0 Å². The lowest BCUT2D eigenvalue weighted by Crippen LogP contribution is -2.21. The quantitative estimate of drug-likeness (QED) is 0.840. The molecular weight excluding hydrogens is 344 g/mol. The van der Waals surface area contributed by atoms with Crippen molar-refractivity contribution in [2.75, 3.05) is 18.0 Å². The molecule has 0 spiro atoms. The van der Waals surface area contributed by atoms with Gasteiger partial charge in [0.05, 0.1) is 0 Å². The fourth-order valence-corrected chi connectivity index (χ4v) is 2.59. The molecule has 0 bridgehead atoms. The number of nitrogens with zero attached hydrogens (tertiary/aromatic N) is 4. The Labute approximate surface area is 130 Å². The van der Waals surface area contributed by atoms with Crippen molar-refractivity contribution in [1.29, 1.82) is 0 Å². The third-order valence-electron chi connectivity index (χ3n) is 2.97. The molecule has 2 aromatic rings. The normalized spacial score (nSPS) is 14.6. The maximum atomic E-state index is 5.95. The van der Waals surface area contributed by atoms with Gasteiger partial charge in [-0.1, -0.05) is 22.0 Å². The summed E-state index contributed by atoms with van der Waals surface area (Å²) in [4.78, 5) is 14.6. The largest absolute Gasteiger partial charge is 0.424 e. The smallest absolute Gasteiger partial charge is 0.328 e. The van der Waals surface area contributed by atoms with Crippen LogP contribution >= 0.6 is 27.5 Å². The van der Waals surface area contributed by atoms with Gasteiger partial charge in [0.2, 0.25) is 11.2 Å². The topological polar surface area (TPSA) is 51.1 Å². The minimum atomic E-state index is 0.145. The lowest BCUT2D eigenvalue weighted by atomic mass is 10.3. The fraction of sp³-hybridized carbons (Fsp3) is 0.308. The molecule has 1 aromatic carbocycles. The molecule has 104 valence electrons. The average Bonchev–Trinajstić information content (AvgIpc) is 2.91. The summed E-state index contributed by atoms with van der Waals surface area (Å²) >= 11 is 9.34. The first-order valence-corrected chi connectivity index (χ1v) is 7.48. The third-order valence-corrected chi connectivity index (χ3v) is 3.63. The first-order valence-electron chi connectivity index (χ1n) is 6.31. The van der Waals surface area contributed by atoms with Crippen LogP contribution in [-0.4, -0.2) is 28.0 Å². The summed E-state index contributed by atoms with van der Waals surface area (Å²) in [5.74, 6) is 1.22. The van der Waals surface area contributed by atoms with Crippen molar-refractivity contribution in [3.05, 3.63) is 34.0 Å². The zero-order chi connectivity index (χ0) is 13.9. The van der Waals surface area contributed by atoms with Crippen LogP contribution in [0.2, 0.25) is 5.28 Å². The van der Waals surface area contributed by atoms with E-state index in [0.29, 0.717) is 11.7 Å². The Kier molecular flexibility index (Phi) is 4.03. The van der Waals surface area contributed by atoms with E-state index in [1.54, 1.807) is 0 Å². The maximum absolute atomic E-state index is 5.95. The molecule has 0 unspecified atom stereocenters. The summed E-state index contributed by atoms with van der Waals surface area (Å²) in [6.07, 6.45) is 2.29. The van der Waals surface area contributed by atoms with E-state index in [4.69, 9.17) is 16.3 Å². The Hall–Kier alpha value is -1.40. The lowest BCUT2D eigenvalue weighted by molar-refractivity contribution is 0.439. The highest BCUT2D eigenvalue weighted by Crippen LogP contribution is 2.25. The Morgan fingerprint density at radius 2 is 1.95 bits per heavy atom. The number of hydrogen-bond donors (Lipinski definition) is 0. The molecule has 1 aromatic heterocycles. The van der Waals surface area contributed by atoms with E-state index in [-0.39, 0.29) is 11.3 Å². The summed E-state index contributed by atoms with van der Waals surface area (Å²) in [5, 5.41) is 0.145. The van der Waals surface area contributed by atoms with Crippen molar-refractivity contribution < 1.29 is 4.74 Å². The highest BCUT2D eigenvalue weighted by molar-refractivity contribution is 9.10. The van der Waals surface area contributed by atoms with E-state index < -0.39 is 0 Å². The van der Waals surface area contributed by atoms with Crippen LogP contribution in [0.4, 0.5) is 5.95 Å². The molecule has 20 heavy (non-hydrogen) atoms. The van der Waals surface area contributed by atoms with Gasteiger partial charge in [0.1, 0.15) is 5.75 Å². The standard InChI is InChI=1S/C13H12BrClN4O/c14-9-4-3-5-10(8-9)20-13-17-11(15)16-12(18-13)19-6-1-2-7-19/h3-5,8H,1-2,6-7H2. The number of anilines is 1. The number of halogens is 2. The molecule has 0 amide bonds. The van der Waals surface area contributed by atoms with Gasteiger partial charge in [-0.15, -0.1) is 0 Å². The number of aromatic nitrogens is 3. The first-order chi connectivity index (χ1) is 9.70. The molecule has 1 aliphatic heterocycles. The minimum absolute atomic E-state index is 0.145. The number of ether oxygens (including phenoxy) is 1. The SMILES string of the molecule is Clc1nc(Oc2cccc(Br)c2)nc(N2CCCC2)n1. The predicted molar refractivity (Wildman–Crippen MR) is 80.5 cm³/mol. The summed E-state index contributed by atoms with van der Waals surface area (Å²) in [5.41, 5.74) is 0. The van der Waals surface area contributed by atoms with Gasteiger partial charge in [0.25, 0.3) is 0 Å². The second-order valence-corrected chi connectivity index (χ2v) is 5.69. The molecule has 5 nitrogen and oxygen atoms in total. The van der Waals surface area contributed by atoms with Crippen molar-refractivity contribution in [2.45, 2.75) is 12.8 Å². The fourth-order valence-electron chi connectivity index (χ4n) is 2.06. The van der Waals surface area contributed by atoms with E-state index in [1.165, 1.54) is 0 Å². The van der Waals surface area contributed by atoms with Gasteiger partial charge in [0.15, 0.2) is 0 Å². The van der Waals surface area contributed by atoms with Crippen LogP contribution < -0.4 is 9.64 Å². The van der Waals surface area contributed by atoms with Crippen molar-refractivity contribution >= 4 is 33.5 Å². The molecule has 2 heterocycles. The van der Waals surface area contributed by atoms with Crippen LogP contribution in [0.1, 0.15) is 12.8 Å². The van der Waals surface area contributed by atoms with Crippen LogP contribution in [0.25, 0.3) is 0 Å². The van der Waals surface area contributed by atoms with Crippen LogP contribution in [-0.2, 0) is 0 Å². The second-order valence-electron chi connectivity index (χ2n) is 4.44. The second kappa shape index (κ2) is 5.93. The summed E-state index contributed by atoms with van der Waals surface area (Å²) in [7, 11) is 0. The van der Waals surface area contributed by atoms with Gasteiger partial charge >= 0.3 is 6.01 Å². The minimum Gasteiger partial charge on any atom is -0.424 e. The Bertz CT molecular complexity index is 619. The summed E-state index contributed by atoms with van der Waals surface area (Å²) in [6.45, 7) is 1.88. The van der Waals surface area contributed by atoms with Crippen LogP contribution in [0, 0.1) is 0 Å². The Balaban J connectivity index is 1.85. The van der Waals surface area contributed by atoms with E-state index in [9.17, 15) is 0 Å². The molecule has 1 fully saturated rings. The molecule has 0 radical (unpaired) electrons. The van der Waals surface area contributed by atoms with E-state index in [2.05, 4.69) is 35.8 Å². The Morgan fingerprint density at radius 3 is 2.70 bits per heavy atom. The van der Waals surface area contributed by atoms with Gasteiger partial charge in [-0.2, -0.15) is 15.0 Å². The molecule has 3 rings (SSSR count). The average molecular weight is 356 g/mol. The Morgan fingerprint density at radius 1 is 1.15 bits per heavy atom. The van der Waals surface area contributed by atoms with Gasteiger partial charge in [-0.25, -0.2) is 0 Å². The van der Waals surface area contributed by atoms with Crippen molar-refractivity contribution in [3.8, 4) is 11.8 Å². The zero-order valence-corrected chi connectivity index (χ0v) is 12.9. The molecule has 7 heteroatoms. The summed E-state index contributed by atoms with van der Waals surface area (Å²) < 4.78 is 6.56. The number of hydrogen-bond acceptors (Lipinski definition) is 5. The van der Waals surface area contributed by atoms with Gasteiger partial charge < -0.3 is 9.64 Å². The first kappa shape index (κ1) is 13.6. The van der Waals surface area contributed by atoms with Crippen molar-refractivity contribution in [1.82, 2.24) is 15.0 Å². The van der Waals surface area contributed by atoms with Crippen LogP contribution in [0.5, 0.6) is 11.8 Å². The summed E-state index contributed by atoms with van der Waals surface area (Å²) in [6, 6.07) is 7.68. The van der Waals surface area contributed by atoms with E-state index >= 15 is 0 Å². The van der Waals surface area contributed by atoms with Crippen molar-refractivity contribution in [2.24, 2.45) is 0 Å². The van der Waals surface area contributed by atoms with Crippen LogP contribution in [0.15, 0.2) is 28.7 Å². The number of rotatable bonds is 3. The zero-order valence-electron chi connectivity index (χ0n) is 10.6. The molecule has 0 saturated carbocycles. The molecule has 0 N–H and O–H groups in total. The molecule has 0 atom stereocenters.